The fourth-order valence-corrected chi connectivity index (χ4v) is 3.18. The molecule has 1 aliphatic carbocycles. The molecular formula is C18H17ClF4N4O2. The Balaban J connectivity index is 1.75. The van der Waals surface area contributed by atoms with Gasteiger partial charge in [-0.15, -0.1) is 0 Å². The van der Waals surface area contributed by atoms with Gasteiger partial charge in [0.25, 0.3) is 0 Å². The Bertz CT molecular complexity index is 889. The lowest BCUT2D eigenvalue weighted by atomic mass is 10.1. The van der Waals surface area contributed by atoms with E-state index < -0.39 is 35.5 Å². The zero-order chi connectivity index (χ0) is 21.0. The molecule has 0 atom stereocenters. The predicted octanol–water partition coefficient (Wildman–Crippen LogP) is 5.31. The Labute approximate surface area is 168 Å². The number of anilines is 2. The van der Waals surface area contributed by atoms with Crippen molar-refractivity contribution < 1.29 is 27.1 Å². The minimum Gasteiger partial charge on any atom is -0.406 e. The fourth-order valence-electron chi connectivity index (χ4n) is 3.01. The zero-order valence-corrected chi connectivity index (χ0v) is 15.8. The first-order valence-electron chi connectivity index (χ1n) is 8.85. The number of aromatic nitrogens is 2. The van der Waals surface area contributed by atoms with Crippen molar-refractivity contribution >= 4 is 29.3 Å². The number of nitrogens with zero attached hydrogens (tertiary/aromatic N) is 2. The summed E-state index contributed by atoms with van der Waals surface area (Å²) in [5.41, 5.74) is -1.66. The van der Waals surface area contributed by atoms with Crippen LogP contribution in [-0.2, 0) is 6.18 Å². The average Bonchev–Trinajstić information content (AvgIpc) is 3.18. The van der Waals surface area contributed by atoms with Crippen LogP contribution < -0.4 is 15.4 Å². The van der Waals surface area contributed by atoms with E-state index in [4.69, 9.17) is 16.3 Å². The summed E-state index contributed by atoms with van der Waals surface area (Å²) in [6, 6.07) is 3.95. The molecule has 3 rings (SSSR count). The summed E-state index contributed by atoms with van der Waals surface area (Å²) in [6.07, 6.45) is -1.20. The van der Waals surface area contributed by atoms with Gasteiger partial charge in [0.2, 0.25) is 5.95 Å². The number of alkyl halides is 3. The molecule has 1 saturated carbocycles. The molecule has 1 aromatic heterocycles. The number of nitrogens with one attached hydrogen (secondary N) is 2. The van der Waals surface area contributed by atoms with E-state index in [0.29, 0.717) is 18.7 Å². The number of ether oxygens (including phenoxy) is 1. The third kappa shape index (κ3) is 5.47. The number of halogens is 5. The average molecular weight is 433 g/mol. The van der Waals surface area contributed by atoms with Crippen LogP contribution in [0.3, 0.4) is 0 Å². The molecular weight excluding hydrogens is 416 g/mol. The Morgan fingerprint density at radius 1 is 1.28 bits per heavy atom. The van der Waals surface area contributed by atoms with E-state index >= 15 is 0 Å². The summed E-state index contributed by atoms with van der Waals surface area (Å²) in [4.78, 5) is 18.9. The molecule has 1 heterocycles. The van der Waals surface area contributed by atoms with E-state index in [9.17, 15) is 22.4 Å². The van der Waals surface area contributed by atoms with Crippen LogP contribution in [0.4, 0.5) is 34.0 Å². The zero-order valence-electron chi connectivity index (χ0n) is 15.0. The van der Waals surface area contributed by atoms with Crippen molar-refractivity contribution in [1.82, 2.24) is 15.3 Å². The van der Waals surface area contributed by atoms with Crippen molar-refractivity contribution in [3.05, 3.63) is 40.9 Å². The summed E-state index contributed by atoms with van der Waals surface area (Å²) < 4.78 is 58.8. The molecule has 2 aromatic rings. The molecule has 1 aromatic carbocycles. The molecule has 1 fully saturated rings. The minimum atomic E-state index is -4.92. The highest BCUT2D eigenvalue weighted by Crippen LogP contribution is 2.35. The van der Waals surface area contributed by atoms with Crippen LogP contribution in [0.25, 0.3) is 0 Å². The summed E-state index contributed by atoms with van der Waals surface area (Å²) >= 11 is 5.64. The Morgan fingerprint density at radius 3 is 2.69 bits per heavy atom. The predicted molar refractivity (Wildman–Crippen MR) is 97.7 cm³/mol. The maximum absolute atomic E-state index is 13.9. The van der Waals surface area contributed by atoms with Crippen LogP contribution in [0, 0.1) is 11.7 Å². The van der Waals surface area contributed by atoms with Gasteiger partial charge in [0, 0.05) is 6.54 Å². The van der Waals surface area contributed by atoms with Gasteiger partial charge in [-0.3, -0.25) is 0 Å². The van der Waals surface area contributed by atoms with E-state index in [2.05, 4.69) is 20.6 Å². The Morgan fingerprint density at radius 2 is 2.00 bits per heavy atom. The van der Waals surface area contributed by atoms with Gasteiger partial charge in [0.1, 0.15) is 0 Å². The molecule has 156 valence electrons. The summed E-state index contributed by atoms with van der Waals surface area (Å²) in [5, 5.41) is 4.57. The molecule has 2 N–H and O–H groups in total. The highest BCUT2D eigenvalue weighted by Gasteiger charge is 2.38. The SMILES string of the molecule is O=C(NCC1CCCC1)Oc1cnc(Nc2cccc(Cl)c2F)nc1C(F)(F)F. The Hall–Kier alpha value is -2.62. The number of rotatable bonds is 5. The lowest BCUT2D eigenvalue weighted by Gasteiger charge is -2.15. The van der Waals surface area contributed by atoms with E-state index in [1.165, 1.54) is 18.2 Å². The molecule has 29 heavy (non-hydrogen) atoms. The van der Waals surface area contributed by atoms with E-state index in [1.54, 1.807) is 0 Å². The van der Waals surface area contributed by atoms with Crippen molar-refractivity contribution in [1.29, 1.82) is 0 Å². The second kappa shape index (κ2) is 8.81. The van der Waals surface area contributed by atoms with Gasteiger partial charge >= 0.3 is 12.3 Å². The topological polar surface area (TPSA) is 76.1 Å². The number of hydrogen-bond acceptors (Lipinski definition) is 5. The van der Waals surface area contributed by atoms with E-state index in [1.807, 2.05) is 0 Å². The molecule has 0 radical (unpaired) electrons. The van der Waals surface area contributed by atoms with E-state index in [0.717, 1.165) is 25.7 Å². The smallest absolute Gasteiger partial charge is 0.406 e. The first kappa shape index (κ1) is 21.1. The number of benzene rings is 1. The van der Waals surface area contributed by atoms with Crippen LogP contribution >= 0.6 is 11.6 Å². The lowest BCUT2D eigenvalue weighted by Crippen LogP contribution is -2.31. The van der Waals surface area contributed by atoms with Crippen molar-refractivity contribution in [2.24, 2.45) is 5.92 Å². The second-order valence-electron chi connectivity index (χ2n) is 6.55. The third-order valence-electron chi connectivity index (χ3n) is 4.43. The number of hydrogen-bond donors (Lipinski definition) is 2. The highest BCUT2D eigenvalue weighted by atomic mass is 35.5. The highest BCUT2D eigenvalue weighted by molar-refractivity contribution is 6.31. The van der Waals surface area contributed by atoms with Crippen molar-refractivity contribution in [3.8, 4) is 5.75 Å². The molecule has 6 nitrogen and oxygen atoms in total. The molecule has 0 bridgehead atoms. The van der Waals surface area contributed by atoms with Crippen molar-refractivity contribution in [2.45, 2.75) is 31.9 Å². The minimum absolute atomic E-state index is 0.200. The second-order valence-corrected chi connectivity index (χ2v) is 6.96. The maximum atomic E-state index is 13.9. The van der Waals surface area contributed by atoms with Gasteiger partial charge in [-0.2, -0.15) is 13.2 Å². The number of carbonyl (C=O) groups is 1. The molecule has 1 aliphatic rings. The van der Waals surface area contributed by atoms with Crippen LogP contribution in [0.15, 0.2) is 24.4 Å². The van der Waals surface area contributed by atoms with Crippen LogP contribution in [0.1, 0.15) is 31.4 Å². The molecule has 11 heteroatoms. The maximum Gasteiger partial charge on any atom is 0.437 e. The molecule has 0 aliphatic heterocycles. The van der Waals surface area contributed by atoms with Gasteiger partial charge in [-0.25, -0.2) is 19.2 Å². The quantitative estimate of drug-likeness (QED) is 0.626. The van der Waals surface area contributed by atoms with Crippen LogP contribution in [0.5, 0.6) is 5.75 Å². The monoisotopic (exact) mass is 432 g/mol. The van der Waals surface area contributed by atoms with E-state index in [-0.39, 0.29) is 10.7 Å². The number of carbonyl (C=O) groups excluding carboxylic acids is 1. The summed E-state index contributed by atoms with van der Waals surface area (Å²) in [7, 11) is 0. The first-order valence-corrected chi connectivity index (χ1v) is 9.23. The van der Waals surface area contributed by atoms with Crippen LogP contribution in [0.2, 0.25) is 5.02 Å². The normalized spacial score (nSPS) is 14.7. The van der Waals surface area contributed by atoms with Gasteiger partial charge < -0.3 is 15.4 Å². The van der Waals surface area contributed by atoms with Crippen LogP contribution in [-0.4, -0.2) is 22.6 Å². The molecule has 1 amide bonds. The Kier molecular flexibility index (Phi) is 6.41. The van der Waals surface area contributed by atoms with Crippen molar-refractivity contribution in [3.63, 3.8) is 0 Å². The van der Waals surface area contributed by atoms with Gasteiger partial charge in [-0.1, -0.05) is 30.5 Å². The first-order chi connectivity index (χ1) is 13.7. The van der Waals surface area contributed by atoms with Gasteiger partial charge in [0.05, 0.1) is 16.9 Å². The lowest BCUT2D eigenvalue weighted by molar-refractivity contribution is -0.142. The van der Waals surface area contributed by atoms with Crippen molar-refractivity contribution in [2.75, 3.05) is 11.9 Å². The summed E-state index contributed by atoms with van der Waals surface area (Å²) in [6.45, 7) is 0.328. The molecule has 0 saturated heterocycles. The van der Waals surface area contributed by atoms with Gasteiger partial charge in [0.15, 0.2) is 17.3 Å². The standard InChI is InChI=1S/C18H17ClF4N4O2/c19-11-6-3-7-12(14(11)20)26-16-24-9-13(15(27-16)18(21,22)23)29-17(28)25-8-10-4-1-2-5-10/h3,6-7,9-10H,1-2,4-5,8H2,(H,25,28)(H,24,26,27). The number of amides is 1. The summed E-state index contributed by atoms with van der Waals surface area (Å²) in [5.74, 6) is -1.95. The largest absolute Gasteiger partial charge is 0.437 e. The molecule has 0 spiro atoms. The van der Waals surface area contributed by atoms with Gasteiger partial charge in [-0.05, 0) is 30.9 Å². The molecule has 0 unspecified atom stereocenters. The third-order valence-corrected chi connectivity index (χ3v) is 4.73. The fraction of sp³-hybridized carbons (Fsp3) is 0.389.